The van der Waals surface area contributed by atoms with E-state index in [9.17, 15) is 9.59 Å². The van der Waals surface area contributed by atoms with Gasteiger partial charge in [0.25, 0.3) is 0 Å². The molecule has 34 heavy (non-hydrogen) atoms. The minimum atomic E-state index is -0.671. The molecular formula is C27H20O7. The lowest BCUT2D eigenvalue weighted by Gasteiger charge is -2.09. The number of fused-ring (bicyclic) bond motifs is 2. The summed E-state index contributed by atoms with van der Waals surface area (Å²) < 4.78 is 27.8. The van der Waals surface area contributed by atoms with E-state index >= 15 is 0 Å². The number of hydrogen-bond acceptors (Lipinski definition) is 7. The van der Waals surface area contributed by atoms with Crippen LogP contribution in [-0.2, 0) is 0 Å². The van der Waals surface area contributed by atoms with Crippen LogP contribution in [0.5, 0.6) is 23.0 Å². The van der Waals surface area contributed by atoms with E-state index in [-0.39, 0.29) is 23.1 Å². The zero-order valence-electron chi connectivity index (χ0n) is 18.7. The van der Waals surface area contributed by atoms with E-state index in [0.717, 1.165) is 5.39 Å². The molecule has 0 atom stereocenters. The van der Waals surface area contributed by atoms with Crippen molar-refractivity contribution in [3.8, 4) is 23.0 Å². The van der Waals surface area contributed by atoms with Crippen LogP contribution in [0, 0.1) is 6.92 Å². The highest BCUT2D eigenvalue weighted by Crippen LogP contribution is 2.40. The molecule has 3 aromatic carbocycles. The number of allylic oxidation sites excluding steroid dienone is 1. The highest BCUT2D eigenvalue weighted by atomic mass is 16.6. The fourth-order valence-corrected chi connectivity index (χ4v) is 3.85. The molecule has 0 saturated carbocycles. The average molecular weight is 456 g/mol. The van der Waals surface area contributed by atoms with Crippen molar-refractivity contribution in [1.29, 1.82) is 0 Å². The van der Waals surface area contributed by atoms with Crippen molar-refractivity contribution in [2.45, 2.75) is 6.92 Å². The third-order valence-electron chi connectivity index (χ3n) is 5.59. The van der Waals surface area contributed by atoms with Gasteiger partial charge in [-0.1, -0.05) is 30.3 Å². The number of ketones is 1. The molecule has 0 fully saturated rings. The van der Waals surface area contributed by atoms with E-state index in [4.69, 9.17) is 23.4 Å². The fourth-order valence-electron chi connectivity index (χ4n) is 3.85. The maximum absolute atomic E-state index is 12.9. The van der Waals surface area contributed by atoms with Crippen LogP contribution in [0.2, 0.25) is 0 Å². The summed E-state index contributed by atoms with van der Waals surface area (Å²) in [6, 6.07) is 17.4. The second-order valence-electron chi connectivity index (χ2n) is 7.63. The number of ether oxygens (including phenoxy) is 4. The summed E-state index contributed by atoms with van der Waals surface area (Å²) in [5.74, 6) is 1.03. The maximum atomic E-state index is 12.9. The second kappa shape index (κ2) is 8.44. The molecule has 7 nitrogen and oxygen atoms in total. The highest BCUT2D eigenvalue weighted by Gasteiger charge is 2.31. The Morgan fingerprint density at radius 1 is 0.912 bits per heavy atom. The number of carbonyl (C=O) groups excluding carboxylic acids is 2. The van der Waals surface area contributed by atoms with Crippen LogP contribution in [0.3, 0.4) is 0 Å². The number of Topliss-reactive ketones (excluding diaryl/α,β-unsaturated/α-hetero) is 1. The first kappa shape index (κ1) is 21.3. The molecule has 0 N–H and O–H groups in total. The van der Waals surface area contributed by atoms with Crippen LogP contribution in [0.1, 0.15) is 32.0 Å². The van der Waals surface area contributed by atoms with Gasteiger partial charge in [-0.2, -0.15) is 0 Å². The van der Waals surface area contributed by atoms with Crippen LogP contribution >= 0.6 is 0 Å². The molecule has 0 amide bonds. The normalized spacial score (nSPS) is 13.6. The minimum Gasteiger partial charge on any atom is -0.496 e. The van der Waals surface area contributed by atoms with Gasteiger partial charge in [0.2, 0.25) is 11.5 Å². The van der Waals surface area contributed by atoms with Crippen LogP contribution in [0.4, 0.5) is 0 Å². The Kier molecular flexibility index (Phi) is 5.30. The molecule has 0 aliphatic carbocycles. The van der Waals surface area contributed by atoms with Gasteiger partial charge in [0.05, 0.1) is 19.8 Å². The molecule has 0 unspecified atom stereocenters. The maximum Gasteiger partial charge on any atom is 0.379 e. The summed E-state index contributed by atoms with van der Waals surface area (Å²) in [4.78, 5) is 25.7. The molecule has 0 spiro atoms. The Morgan fingerprint density at radius 2 is 1.68 bits per heavy atom. The van der Waals surface area contributed by atoms with Crippen molar-refractivity contribution in [3.63, 3.8) is 0 Å². The van der Waals surface area contributed by atoms with E-state index in [1.807, 2.05) is 24.3 Å². The van der Waals surface area contributed by atoms with Gasteiger partial charge < -0.3 is 23.4 Å². The van der Waals surface area contributed by atoms with Crippen molar-refractivity contribution in [1.82, 2.24) is 0 Å². The number of methoxy groups -OCH3 is 2. The number of carbonyl (C=O) groups is 2. The van der Waals surface area contributed by atoms with E-state index in [0.29, 0.717) is 39.5 Å². The first-order chi connectivity index (χ1) is 16.5. The summed E-state index contributed by atoms with van der Waals surface area (Å²) in [6.07, 6.45) is 1.63. The van der Waals surface area contributed by atoms with Crippen molar-refractivity contribution in [3.05, 3.63) is 88.9 Å². The van der Waals surface area contributed by atoms with Crippen molar-refractivity contribution >= 4 is 28.8 Å². The lowest BCUT2D eigenvalue weighted by Crippen LogP contribution is -2.08. The monoisotopic (exact) mass is 456 g/mol. The van der Waals surface area contributed by atoms with Crippen LogP contribution in [0.25, 0.3) is 17.0 Å². The standard InChI is InChI=1S/C27H20O7/c1-15-19(34-27(29)23-14-17-8-6-10-21(31-3)26(17)33-23)12-11-18-24(28)22(32-25(15)18)13-16-7-4-5-9-20(16)30-2/h4-14H,1-3H3/b22-13-. The Labute approximate surface area is 195 Å². The molecule has 4 aromatic rings. The van der Waals surface area contributed by atoms with Gasteiger partial charge in [-0.3, -0.25) is 4.79 Å². The van der Waals surface area contributed by atoms with Gasteiger partial charge in [-0.15, -0.1) is 0 Å². The summed E-state index contributed by atoms with van der Waals surface area (Å²) >= 11 is 0. The van der Waals surface area contributed by atoms with Gasteiger partial charge in [-0.25, -0.2) is 4.79 Å². The van der Waals surface area contributed by atoms with E-state index in [1.165, 1.54) is 7.11 Å². The Bertz CT molecular complexity index is 1480. The quantitative estimate of drug-likeness (QED) is 0.220. The van der Waals surface area contributed by atoms with Crippen LogP contribution in [0.15, 0.2) is 70.8 Å². The Hall–Kier alpha value is -4.52. The summed E-state index contributed by atoms with van der Waals surface area (Å²) in [6.45, 7) is 1.72. The predicted octanol–water partition coefficient (Wildman–Crippen LogP) is 5.59. The summed E-state index contributed by atoms with van der Waals surface area (Å²) in [5.41, 5.74) is 2.09. The minimum absolute atomic E-state index is 0.0353. The first-order valence-electron chi connectivity index (χ1n) is 10.5. The molecule has 0 radical (unpaired) electrons. The fraction of sp³-hybridized carbons (Fsp3) is 0.111. The zero-order chi connectivity index (χ0) is 23.8. The Morgan fingerprint density at radius 3 is 2.47 bits per heavy atom. The number of benzene rings is 3. The number of furan rings is 1. The summed E-state index contributed by atoms with van der Waals surface area (Å²) in [7, 11) is 3.09. The van der Waals surface area contributed by atoms with Crippen molar-refractivity contribution in [2.75, 3.05) is 14.2 Å². The molecule has 170 valence electrons. The van der Waals surface area contributed by atoms with Gasteiger partial charge in [-0.05, 0) is 43.3 Å². The topological polar surface area (TPSA) is 84.2 Å². The molecule has 1 aliphatic heterocycles. The second-order valence-corrected chi connectivity index (χ2v) is 7.63. The third-order valence-corrected chi connectivity index (χ3v) is 5.59. The molecule has 1 aliphatic rings. The molecular weight excluding hydrogens is 436 g/mol. The molecule has 0 bridgehead atoms. The van der Waals surface area contributed by atoms with Crippen LogP contribution < -0.4 is 18.9 Å². The van der Waals surface area contributed by atoms with E-state index in [2.05, 4.69) is 0 Å². The average Bonchev–Trinajstić information content (AvgIpc) is 3.43. The highest BCUT2D eigenvalue weighted by molar-refractivity contribution is 6.15. The molecule has 2 heterocycles. The first-order valence-corrected chi connectivity index (χ1v) is 10.5. The Balaban J connectivity index is 1.43. The molecule has 0 saturated heterocycles. The lowest BCUT2D eigenvalue weighted by molar-refractivity contribution is 0.0702. The summed E-state index contributed by atoms with van der Waals surface area (Å²) in [5, 5.41) is 0.719. The van der Waals surface area contributed by atoms with Crippen molar-refractivity contribution in [2.24, 2.45) is 0 Å². The number of esters is 1. The van der Waals surface area contributed by atoms with E-state index < -0.39 is 5.97 Å². The predicted molar refractivity (Wildman–Crippen MR) is 125 cm³/mol. The number of para-hydroxylation sites is 2. The van der Waals surface area contributed by atoms with Gasteiger partial charge in [0, 0.05) is 16.5 Å². The zero-order valence-corrected chi connectivity index (χ0v) is 18.7. The number of hydrogen-bond donors (Lipinski definition) is 0. The number of rotatable bonds is 5. The lowest BCUT2D eigenvalue weighted by atomic mass is 10.1. The molecule has 5 rings (SSSR count). The van der Waals surface area contributed by atoms with Crippen LogP contribution in [-0.4, -0.2) is 26.0 Å². The smallest absolute Gasteiger partial charge is 0.379 e. The largest absolute Gasteiger partial charge is 0.496 e. The van der Waals surface area contributed by atoms with Gasteiger partial charge >= 0.3 is 5.97 Å². The van der Waals surface area contributed by atoms with Crippen molar-refractivity contribution < 1.29 is 33.0 Å². The third kappa shape index (κ3) is 3.57. The SMILES string of the molecule is COc1ccccc1/C=C1\Oc2c(ccc(OC(=O)c3cc4cccc(OC)c4o3)c2C)C1=O. The van der Waals surface area contributed by atoms with Gasteiger partial charge in [0.15, 0.2) is 17.1 Å². The molecule has 1 aromatic heterocycles. The molecule has 7 heteroatoms. The van der Waals surface area contributed by atoms with Gasteiger partial charge in [0.1, 0.15) is 17.2 Å². The van der Waals surface area contributed by atoms with E-state index in [1.54, 1.807) is 56.5 Å².